The topological polar surface area (TPSA) is 75.6 Å². The summed E-state index contributed by atoms with van der Waals surface area (Å²) in [5.41, 5.74) is 13.3. The Kier molecular flexibility index (Phi) is 9.41. The van der Waals surface area contributed by atoms with Crippen LogP contribution < -0.4 is 10.6 Å². The van der Waals surface area contributed by atoms with E-state index in [4.69, 9.17) is 0 Å². The lowest BCUT2D eigenvalue weighted by atomic mass is 9.98. The van der Waals surface area contributed by atoms with E-state index in [9.17, 15) is 0 Å². The van der Waals surface area contributed by atoms with Gasteiger partial charge in [0.25, 0.3) is 0 Å². The number of pyridine rings is 4. The average Bonchev–Trinajstić information content (AvgIpc) is 3.75. The first kappa shape index (κ1) is 33.6. The van der Waals surface area contributed by atoms with Crippen molar-refractivity contribution in [1.82, 2.24) is 19.9 Å². The highest BCUT2D eigenvalue weighted by Crippen LogP contribution is 2.43. The molecule has 9 aromatic rings. The monoisotopic (exact) mass is 726 g/mol. The number of thiophene rings is 1. The zero-order valence-electron chi connectivity index (χ0n) is 29.7. The molecule has 0 unspecified atom stereocenters. The van der Waals surface area contributed by atoms with Gasteiger partial charge in [-0.15, -0.1) is 11.3 Å². The van der Waals surface area contributed by atoms with Gasteiger partial charge in [-0.3, -0.25) is 9.97 Å². The number of benzene rings is 4. The summed E-state index contributed by atoms with van der Waals surface area (Å²) in [6.07, 6.45) is 10.9. The van der Waals surface area contributed by atoms with Crippen LogP contribution in [-0.2, 0) is 0 Å². The highest BCUT2D eigenvalue weighted by molar-refractivity contribution is 7.19. The van der Waals surface area contributed by atoms with Gasteiger partial charge >= 0.3 is 0 Å². The first-order valence-electron chi connectivity index (χ1n) is 18.0. The Morgan fingerprint density at radius 2 is 0.691 bits per heavy atom. The van der Waals surface area contributed by atoms with E-state index < -0.39 is 0 Å². The molecular formula is C48H34N6S. The fourth-order valence-electron chi connectivity index (χ4n) is 6.66. The second kappa shape index (κ2) is 15.4. The lowest BCUT2D eigenvalue weighted by Gasteiger charge is -2.14. The molecule has 6 nitrogen and oxygen atoms in total. The molecule has 262 valence electrons. The minimum Gasteiger partial charge on any atom is -0.340 e. The van der Waals surface area contributed by atoms with Crippen molar-refractivity contribution in [3.63, 3.8) is 0 Å². The third-order valence-electron chi connectivity index (χ3n) is 9.50. The van der Waals surface area contributed by atoms with Crippen molar-refractivity contribution in [2.45, 2.75) is 0 Å². The molecule has 5 aromatic heterocycles. The molecule has 0 aliphatic rings. The van der Waals surface area contributed by atoms with Crippen LogP contribution in [0.5, 0.6) is 0 Å². The maximum absolute atomic E-state index is 4.58. The maximum Gasteiger partial charge on any atom is 0.130 e. The lowest BCUT2D eigenvalue weighted by Crippen LogP contribution is -1.96. The van der Waals surface area contributed by atoms with Gasteiger partial charge < -0.3 is 10.6 Å². The fraction of sp³-hybridized carbons (Fsp3) is 0. The molecular weight excluding hydrogens is 693 g/mol. The highest BCUT2D eigenvalue weighted by Gasteiger charge is 2.16. The Bertz CT molecular complexity index is 2480. The first-order valence-corrected chi connectivity index (χ1v) is 18.8. The molecule has 0 saturated carbocycles. The normalized spacial score (nSPS) is 10.9. The number of aromatic nitrogens is 4. The van der Waals surface area contributed by atoms with Crippen molar-refractivity contribution >= 4 is 34.3 Å². The molecule has 0 atom stereocenters. The molecule has 2 N–H and O–H groups in total. The van der Waals surface area contributed by atoms with E-state index >= 15 is 0 Å². The Morgan fingerprint density at radius 1 is 0.327 bits per heavy atom. The summed E-state index contributed by atoms with van der Waals surface area (Å²) in [7, 11) is 0. The van der Waals surface area contributed by atoms with Gasteiger partial charge in [0.05, 0.1) is 0 Å². The Hall–Kier alpha value is -7.22. The molecule has 5 heterocycles. The predicted molar refractivity (Wildman–Crippen MR) is 228 cm³/mol. The summed E-state index contributed by atoms with van der Waals surface area (Å²) in [6, 6.07) is 54.9. The maximum atomic E-state index is 4.58. The molecule has 0 aliphatic carbocycles. The van der Waals surface area contributed by atoms with Crippen LogP contribution in [0.1, 0.15) is 0 Å². The van der Waals surface area contributed by atoms with Crippen molar-refractivity contribution in [3.8, 4) is 65.4 Å². The van der Waals surface area contributed by atoms with E-state index in [-0.39, 0.29) is 0 Å². The van der Waals surface area contributed by atoms with E-state index in [0.29, 0.717) is 0 Å². The van der Waals surface area contributed by atoms with Crippen LogP contribution in [0, 0.1) is 0 Å². The van der Waals surface area contributed by atoms with E-state index in [0.717, 1.165) is 88.4 Å². The number of nitrogens with one attached hydrogen (secondary N) is 2. The van der Waals surface area contributed by atoms with Gasteiger partial charge in [-0.2, -0.15) is 0 Å². The third kappa shape index (κ3) is 7.51. The number of hydrogen-bond acceptors (Lipinski definition) is 7. The van der Waals surface area contributed by atoms with E-state index in [1.165, 1.54) is 0 Å². The smallest absolute Gasteiger partial charge is 0.130 e. The van der Waals surface area contributed by atoms with Crippen LogP contribution >= 0.6 is 11.3 Å². The van der Waals surface area contributed by atoms with Crippen molar-refractivity contribution < 1.29 is 0 Å². The van der Waals surface area contributed by atoms with Crippen molar-refractivity contribution in [2.24, 2.45) is 0 Å². The molecule has 0 radical (unpaired) electrons. The fourth-order valence-corrected chi connectivity index (χ4v) is 7.74. The van der Waals surface area contributed by atoms with Gasteiger partial charge in [0.2, 0.25) is 0 Å². The molecule has 0 fully saturated rings. The molecule has 55 heavy (non-hydrogen) atoms. The van der Waals surface area contributed by atoms with Crippen molar-refractivity contribution in [2.75, 3.05) is 10.6 Å². The van der Waals surface area contributed by atoms with E-state index in [1.807, 2.05) is 97.8 Å². The average molecular weight is 727 g/mol. The SMILES string of the molecule is c1ccc(Nc2cc(-c3ccc(-c4ccncc4)cc3)ccc2-c2ccc(-c3ccc(-c4ccc(-c5ccncc5)cc4)cc3Nc3ccccn3)s2)nc1. The Morgan fingerprint density at radius 3 is 1.07 bits per heavy atom. The number of anilines is 4. The summed E-state index contributed by atoms with van der Waals surface area (Å²) in [5.74, 6) is 1.58. The highest BCUT2D eigenvalue weighted by atomic mass is 32.1. The zero-order valence-corrected chi connectivity index (χ0v) is 30.5. The summed E-state index contributed by atoms with van der Waals surface area (Å²) in [4.78, 5) is 19.8. The number of nitrogens with zero attached hydrogens (tertiary/aromatic N) is 4. The Balaban J connectivity index is 1.06. The van der Waals surface area contributed by atoms with Crippen LogP contribution in [0.25, 0.3) is 65.4 Å². The van der Waals surface area contributed by atoms with Gasteiger partial charge in [0.15, 0.2) is 0 Å². The summed E-state index contributed by atoms with van der Waals surface area (Å²) in [5, 5.41) is 7.23. The van der Waals surface area contributed by atoms with Crippen LogP contribution in [0.3, 0.4) is 0 Å². The molecule has 9 rings (SSSR count). The molecule has 0 amide bonds. The molecule has 0 saturated heterocycles. The quantitative estimate of drug-likeness (QED) is 0.146. The van der Waals surface area contributed by atoms with Gasteiger partial charge in [-0.05, 0) is 117 Å². The standard InChI is InChI=1S/C48H34N6S/c1-3-25-51-47(5-1)53-43-31-39(35-11-7-33(8-12-35)37-21-27-49-28-22-37)15-17-41(43)45-19-20-46(55-45)42-18-16-40(32-44(42)54-48-6-2-4-26-52-48)36-13-9-34(10-14-36)38-23-29-50-30-24-38/h1-32H,(H,51,53)(H,52,54). The molecule has 7 heteroatoms. The third-order valence-corrected chi connectivity index (χ3v) is 10.6. The molecule has 0 bridgehead atoms. The van der Waals surface area contributed by atoms with Crippen LogP contribution in [0.15, 0.2) is 195 Å². The first-order chi connectivity index (χ1) is 27.2. The second-order valence-corrected chi connectivity index (χ2v) is 14.1. The summed E-state index contributed by atoms with van der Waals surface area (Å²) < 4.78 is 0. The Labute approximate surface area is 324 Å². The van der Waals surface area contributed by atoms with Crippen LogP contribution in [0.4, 0.5) is 23.0 Å². The minimum absolute atomic E-state index is 0.789. The molecule has 0 spiro atoms. The number of rotatable bonds is 10. The van der Waals surface area contributed by atoms with Gasteiger partial charge in [-0.25, -0.2) is 9.97 Å². The minimum atomic E-state index is 0.789. The lowest BCUT2D eigenvalue weighted by molar-refractivity contribution is 1.31. The molecule has 4 aromatic carbocycles. The summed E-state index contributed by atoms with van der Waals surface area (Å²) in [6.45, 7) is 0. The van der Waals surface area contributed by atoms with Crippen molar-refractivity contribution in [3.05, 3.63) is 195 Å². The van der Waals surface area contributed by atoms with Gasteiger partial charge in [0, 0.05) is 69.4 Å². The number of hydrogen-bond donors (Lipinski definition) is 2. The zero-order chi connectivity index (χ0) is 36.8. The largest absolute Gasteiger partial charge is 0.340 e. The summed E-state index contributed by atoms with van der Waals surface area (Å²) >= 11 is 1.76. The predicted octanol–water partition coefficient (Wildman–Crippen LogP) is 12.8. The van der Waals surface area contributed by atoms with Crippen LogP contribution in [-0.4, -0.2) is 19.9 Å². The molecule has 0 aliphatic heterocycles. The van der Waals surface area contributed by atoms with E-state index in [1.54, 1.807) is 11.3 Å². The van der Waals surface area contributed by atoms with E-state index in [2.05, 4.69) is 128 Å². The van der Waals surface area contributed by atoms with Gasteiger partial charge in [-0.1, -0.05) is 84.9 Å². The van der Waals surface area contributed by atoms with Crippen molar-refractivity contribution in [1.29, 1.82) is 0 Å². The second-order valence-electron chi connectivity index (χ2n) is 13.0. The van der Waals surface area contributed by atoms with Crippen LogP contribution in [0.2, 0.25) is 0 Å². The van der Waals surface area contributed by atoms with Gasteiger partial charge in [0.1, 0.15) is 11.6 Å².